The first kappa shape index (κ1) is 12.0. The van der Waals surface area contributed by atoms with Gasteiger partial charge in [-0.2, -0.15) is 0 Å². The van der Waals surface area contributed by atoms with Crippen LogP contribution < -0.4 is 5.32 Å². The number of carbonyl (C=O) groups excluding carboxylic acids is 1. The van der Waals surface area contributed by atoms with Crippen LogP contribution in [-0.4, -0.2) is 23.3 Å². The van der Waals surface area contributed by atoms with Crippen LogP contribution in [0.1, 0.15) is 16.1 Å². The minimum absolute atomic E-state index is 0.197. The van der Waals surface area contributed by atoms with E-state index in [-0.39, 0.29) is 5.69 Å². The van der Waals surface area contributed by atoms with E-state index in [4.69, 9.17) is 0 Å². The summed E-state index contributed by atoms with van der Waals surface area (Å²) in [6.45, 7) is 0.660. The monoisotopic (exact) mass is 243 g/mol. The molecule has 2 rings (SSSR count). The highest BCUT2D eigenvalue weighted by Gasteiger charge is 2.07. The topological polar surface area (TPSA) is 64.1 Å². The lowest BCUT2D eigenvalue weighted by Gasteiger charge is -2.05. The normalized spacial score (nSPS) is 9.83. The maximum Gasteiger partial charge on any atom is 0.358 e. The molecular formula is C13H13N3O2. The van der Waals surface area contributed by atoms with Gasteiger partial charge < -0.3 is 10.1 Å². The zero-order valence-electron chi connectivity index (χ0n) is 9.96. The van der Waals surface area contributed by atoms with Crippen LogP contribution in [0.15, 0.2) is 42.5 Å². The van der Waals surface area contributed by atoms with Crippen LogP contribution in [0.5, 0.6) is 0 Å². The van der Waals surface area contributed by atoms with Crippen molar-refractivity contribution >= 4 is 11.8 Å². The van der Waals surface area contributed by atoms with Gasteiger partial charge in [-0.25, -0.2) is 4.79 Å². The Kier molecular flexibility index (Phi) is 3.86. The fraction of sp³-hybridized carbons (Fsp3) is 0.154. The number of nitrogens with zero attached hydrogens (tertiary/aromatic N) is 2. The molecule has 18 heavy (non-hydrogen) atoms. The van der Waals surface area contributed by atoms with Gasteiger partial charge in [0.15, 0.2) is 5.69 Å². The largest absolute Gasteiger partial charge is 0.464 e. The number of ether oxygens (including phenoxy) is 1. The maximum atomic E-state index is 11.2. The highest BCUT2D eigenvalue weighted by atomic mass is 16.5. The Hall–Kier alpha value is -2.43. The van der Waals surface area contributed by atoms with Crippen molar-refractivity contribution in [1.29, 1.82) is 0 Å². The molecule has 0 aliphatic heterocycles. The molecule has 0 radical (unpaired) electrons. The predicted octanol–water partition coefficient (Wildman–Crippen LogP) is 1.88. The number of hydrogen-bond donors (Lipinski definition) is 1. The fourth-order valence-electron chi connectivity index (χ4n) is 1.43. The van der Waals surface area contributed by atoms with E-state index in [0.29, 0.717) is 12.4 Å². The highest BCUT2D eigenvalue weighted by Crippen LogP contribution is 2.06. The molecule has 0 amide bonds. The second kappa shape index (κ2) is 5.77. The molecular weight excluding hydrogens is 230 g/mol. The van der Waals surface area contributed by atoms with E-state index in [1.807, 2.05) is 30.3 Å². The molecule has 1 aromatic heterocycles. The number of anilines is 1. The minimum Gasteiger partial charge on any atom is -0.464 e. The highest BCUT2D eigenvalue weighted by molar-refractivity contribution is 5.86. The molecule has 1 N–H and O–H groups in total. The van der Waals surface area contributed by atoms with E-state index < -0.39 is 5.97 Å². The summed E-state index contributed by atoms with van der Waals surface area (Å²) in [5.74, 6) is 0.128. The van der Waals surface area contributed by atoms with Crippen LogP contribution in [0.3, 0.4) is 0 Å². The summed E-state index contributed by atoms with van der Waals surface area (Å²) in [7, 11) is 1.31. The van der Waals surface area contributed by atoms with Crippen molar-refractivity contribution in [2.24, 2.45) is 0 Å². The number of methoxy groups -OCH3 is 1. The lowest BCUT2D eigenvalue weighted by atomic mass is 10.2. The lowest BCUT2D eigenvalue weighted by Crippen LogP contribution is -2.07. The van der Waals surface area contributed by atoms with Crippen molar-refractivity contribution in [3.05, 3.63) is 53.7 Å². The summed E-state index contributed by atoms with van der Waals surface area (Å²) in [6, 6.07) is 13.2. The van der Waals surface area contributed by atoms with Crippen LogP contribution in [0, 0.1) is 0 Å². The third kappa shape index (κ3) is 3.04. The van der Waals surface area contributed by atoms with E-state index in [1.165, 1.54) is 7.11 Å². The number of hydrogen-bond acceptors (Lipinski definition) is 5. The van der Waals surface area contributed by atoms with Crippen molar-refractivity contribution in [3.63, 3.8) is 0 Å². The standard InChI is InChI=1S/C13H13N3O2/c1-18-13(17)11-7-8-12(16-15-11)14-9-10-5-3-2-4-6-10/h2-8H,9H2,1H3,(H,14,16). The Morgan fingerprint density at radius 3 is 2.56 bits per heavy atom. The van der Waals surface area contributed by atoms with Gasteiger partial charge in [0, 0.05) is 6.54 Å². The Labute approximate surface area is 105 Å². The van der Waals surface area contributed by atoms with E-state index in [9.17, 15) is 4.79 Å². The van der Waals surface area contributed by atoms with Crippen molar-refractivity contribution in [1.82, 2.24) is 10.2 Å². The van der Waals surface area contributed by atoms with Crippen LogP contribution in [0.25, 0.3) is 0 Å². The van der Waals surface area contributed by atoms with Gasteiger partial charge in [0.1, 0.15) is 5.82 Å². The summed E-state index contributed by atoms with van der Waals surface area (Å²) in [4.78, 5) is 11.2. The molecule has 0 saturated carbocycles. The van der Waals surface area contributed by atoms with Gasteiger partial charge in [0.05, 0.1) is 7.11 Å². The fourth-order valence-corrected chi connectivity index (χ4v) is 1.43. The first-order chi connectivity index (χ1) is 8.79. The molecule has 1 heterocycles. The van der Waals surface area contributed by atoms with Gasteiger partial charge in [-0.15, -0.1) is 10.2 Å². The Balaban J connectivity index is 1.97. The van der Waals surface area contributed by atoms with Gasteiger partial charge >= 0.3 is 5.97 Å². The van der Waals surface area contributed by atoms with E-state index in [2.05, 4.69) is 20.3 Å². The molecule has 0 saturated heterocycles. The zero-order chi connectivity index (χ0) is 12.8. The molecule has 5 nitrogen and oxygen atoms in total. The van der Waals surface area contributed by atoms with Crippen molar-refractivity contribution < 1.29 is 9.53 Å². The van der Waals surface area contributed by atoms with Crippen molar-refractivity contribution in [2.75, 3.05) is 12.4 Å². The predicted molar refractivity (Wildman–Crippen MR) is 67.1 cm³/mol. The molecule has 0 aliphatic rings. The van der Waals surface area contributed by atoms with Crippen LogP contribution in [0.2, 0.25) is 0 Å². The quantitative estimate of drug-likeness (QED) is 0.830. The van der Waals surface area contributed by atoms with E-state index in [0.717, 1.165) is 5.56 Å². The lowest BCUT2D eigenvalue weighted by molar-refractivity contribution is 0.0593. The Morgan fingerprint density at radius 1 is 1.17 bits per heavy atom. The number of carbonyl (C=O) groups is 1. The van der Waals surface area contributed by atoms with Crippen molar-refractivity contribution in [2.45, 2.75) is 6.54 Å². The molecule has 0 aliphatic carbocycles. The molecule has 0 atom stereocenters. The SMILES string of the molecule is COC(=O)c1ccc(NCc2ccccc2)nn1. The van der Waals surface area contributed by atoms with E-state index >= 15 is 0 Å². The maximum absolute atomic E-state index is 11.2. The molecule has 1 aromatic carbocycles. The van der Waals surface area contributed by atoms with Crippen LogP contribution in [0.4, 0.5) is 5.82 Å². The first-order valence-corrected chi connectivity index (χ1v) is 5.49. The second-order valence-corrected chi connectivity index (χ2v) is 3.63. The Bertz CT molecular complexity index is 512. The summed E-state index contributed by atoms with van der Waals surface area (Å²) in [5.41, 5.74) is 1.35. The number of aromatic nitrogens is 2. The zero-order valence-corrected chi connectivity index (χ0v) is 9.96. The summed E-state index contributed by atoms with van der Waals surface area (Å²) in [5, 5.41) is 10.8. The average molecular weight is 243 g/mol. The van der Waals surface area contributed by atoms with Gasteiger partial charge in [-0.1, -0.05) is 30.3 Å². The van der Waals surface area contributed by atoms with Gasteiger partial charge in [0.25, 0.3) is 0 Å². The van der Waals surface area contributed by atoms with E-state index in [1.54, 1.807) is 12.1 Å². The molecule has 0 spiro atoms. The van der Waals surface area contributed by atoms with Crippen LogP contribution >= 0.6 is 0 Å². The number of esters is 1. The third-order valence-corrected chi connectivity index (χ3v) is 2.38. The average Bonchev–Trinajstić information content (AvgIpc) is 2.46. The van der Waals surface area contributed by atoms with Gasteiger partial charge in [0.2, 0.25) is 0 Å². The molecule has 92 valence electrons. The van der Waals surface area contributed by atoms with Crippen LogP contribution in [-0.2, 0) is 11.3 Å². The van der Waals surface area contributed by atoms with Gasteiger partial charge in [-0.05, 0) is 17.7 Å². The number of rotatable bonds is 4. The minimum atomic E-state index is -0.489. The smallest absolute Gasteiger partial charge is 0.358 e. The second-order valence-electron chi connectivity index (χ2n) is 3.63. The summed E-state index contributed by atoms with van der Waals surface area (Å²) < 4.78 is 4.54. The van der Waals surface area contributed by atoms with Gasteiger partial charge in [-0.3, -0.25) is 0 Å². The Morgan fingerprint density at radius 2 is 1.94 bits per heavy atom. The third-order valence-electron chi connectivity index (χ3n) is 2.38. The molecule has 5 heteroatoms. The van der Waals surface area contributed by atoms with Crippen molar-refractivity contribution in [3.8, 4) is 0 Å². The summed E-state index contributed by atoms with van der Waals surface area (Å²) in [6.07, 6.45) is 0. The molecule has 0 bridgehead atoms. The number of nitrogens with one attached hydrogen (secondary N) is 1. The molecule has 0 fully saturated rings. The first-order valence-electron chi connectivity index (χ1n) is 5.49. The summed E-state index contributed by atoms with van der Waals surface area (Å²) >= 11 is 0. The molecule has 0 unspecified atom stereocenters. The molecule has 2 aromatic rings. The number of benzene rings is 1.